The summed E-state index contributed by atoms with van der Waals surface area (Å²) in [6, 6.07) is 0.777. The van der Waals surface area contributed by atoms with E-state index in [-0.39, 0.29) is 5.54 Å². The molecule has 1 aliphatic carbocycles. The van der Waals surface area contributed by atoms with Gasteiger partial charge >= 0.3 is 0 Å². The van der Waals surface area contributed by atoms with Gasteiger partial charge in [0.05, 0.1) is 6.61 Å². The fraction of sp³-hybridized carbons (Fsp3) is 1.00. The highest BCUT2D eigenvalue weighted by atomic mass is 16.5. The maximum atomic E-state index is 6.17. The van der Waals surface area contributed by atoms with Crippen LogP contribution >= 0.6 is 0 Å². The zero-order chi connectivity index (χ0) is 10.6. The van der Waals surface area contributed by atoms with Crippen LogP contribution in [0, 0.1) is 0 Å². The second-order valence-electron chi connectivity index (χ2n) is 4.70. The van der Waals surface area contributed by atoms with Crippen molar-refractivity contribution in [3.8, 4) is 0 Å². The third-order valence-corrected chi connectivity index (χ3v) is 3.02. The number of ether oxygens (including phenoxy) is 1. The van der Waals surface area contributed by atoms with E-state index in [4.69, 9.17) is 10.5 Å². The van der Waals surface area contributed by atoms with Gasteiger partial charge in [-0.25, -0.2) is 0 Å². The summed E-state index contributed by atoms with van der Waals surface area (Å²) < 4.78 is 5.12. The molecule has 0 aromatic heterocycles. The number of rotatable bonds is 7. The first-order chi connectivity index (χ1) is 6.59. The second kappa shape index (κ2) is 5.10. The molecule has 0 aromatic rings. The van der Waals surface area contributed by atoms with Crippen molar-refractivity contribution in [1.82, 2.24) is 4.90 Å². The van der Waals surface area contributed by atoms with E-state index < -0.39 is 0 Å². The molecule has 0 aromatic carbocycles. The number of hydrogen-bond acceptors (Lipinski definition) is 3. The van der Waals surface area contributed by atoms with Crippen molar-refractivity contribution in [3.05, 3.63) is 0 Å². The van der Waals surface area contributed by atoms with E-state index >= 15 is 0 Å². The van der Waals surface area contributed by atoms with Crippen molar-refractivity contribution < 1.29 is 4.74 Å². The minimum Gasteiger partial charge on any atom is -0.383 e. The molecule has 0 bridgehead atoms. The molecule has 1 atom stereocenters. The monoisotopic (exact) mass is 200 g/mol. The van der Waals surface area contributed by atoms with E-state index in [0.717, 1.165) is 32.2 Å². The van der Waals surface area contributed by atoms with Crippen molar-refractivity contribution in [1.29, 1.82) is 0 Å². The Morgan fingerprint density at radius 3 is 2.57 bits per heavy atom. The average molecular weight is 200 g/mol. The number of nitrogens with zero attached hydrogens (tertiary/aromatic N) is 1. The minimum absolute atomic E-state index is 0.0453. The molecule has 0 heterocycles. The van der Waals surface area contributed by atoms with Crippen LogP contribution in [0.4, 0.5) is 0 Å². The normalized spacial score (nSPS) is 21.2. The topological polar surface area (TPSA) is 38.5 Å². The lowest BCUT2D eigenvalue weighted by molar-refractivity contribution is 0.127. The Morgan fingerprint density at radius 2 is 2.14 bits per heavy atom. The molecule has 0 aliphatic heterocycles. The van der Waals surface area contributed by atoms with E-state index in [2.05, 4.69) is 18.7 Å². The van der Waals surface area contributed by atoms with Crippen LogP contribution in [0.25, 0.3) is 0 Å². The fourth-order valence-electron chi connectivity index (χ4n) is 1.61. The van der Waals surface area contributed by atoms with Gasteiger partial charge in [0.2, 0.25) is 0 Å². The molecule has 0 radical (unpaired) electrons. The second-order valence-corrected chi connectivity index (χ2v) is 4.70. The van der Waals surface area contributed by atoms with E-state index in [9.17, 15) is 0 Å². The molecule has 1 saturated carbocycles. The summed E-state index contributed by atoms with van der Waals surface area (Å²) in [6.45, 7) is 7.12. The summed E-state index contributed by atoms with van der Waals surface area (Å²) >= 11 is 0. The van der Waals surface area contributed by atoms with Crippen molar-refractivity contribution in [2.45, 2.75) is 44.7 Å². The van der Waals surface area contributed by atoms with E-state index in [0.29, 0.717) is 0 Å². The van der Waals surface area contributed by atoms with Crippen LogP contribution < -0.4 is 5.73 Å². The molecule has 1 fully saturated rings. The molecule has 1 unspecified atom stereocenters. The zero-order valence-corrected chi connectivity index (χ0v) is 9.75. The van der Waals surface area contributed by atoms with Crippen molar-refractivity contribution in [3.63, 3.8) is 0 Å². The summed E-state index contributed by atoms with van der Waals surface area (Å²) in [4.78, 5) is 2.48. The molecule has 0 amide bonds. The summed E-state index contributed by atoms with van der Waals surface area (Å²) in [5.41, 5.74) is 6.13. The largest absolute Gasteiger partial charge is 0.383 e. The fourth-order valence-corrected chi connectivity index (χ4v) is 1.61. The Bertz CT molecular complexity index is 167. The molecule has 0 saturated heterocycles. The average Bonchev–Trinajstić information content (AvgIpc) is 2.95. The Balaban J connectivity index is 2.34. The van der Waals surface area contributed by atoms with E-state index in [1.807, 2.05) is 0 Å². The van der Waals surface area contributed by atoms with Crippen LogP contribution in [0.3, 0.4) is 0 Å². The molecule has 84 valence electrons. The van der Waals surface area contributed by atoms with Gasteiger partial charge in [-0.3, -0.25) is 4.90 Å². The Labute approximate surface area is 87.6 Å². The van der Waals surface area contributed by atoms with Crippen molar-refractivity contribution in [2.24, 2.45) is 5.73 Å². The van der Waals surface area contributed by atoms with E-state index in [1.54, 1.807) is 7.11 Å². The van der Waals surface area contributed by atoms with Crippen molar-refractivity contribution in [2.75, 3.05) is 26.8 Å². The highest BCUT2D eigenvalue weighted by Crippen LogP contribution is 2.27. The predicted molar refractivity (Wildman–Crippen MR) is 59.4 cm³/mol. The highest BCUT2D eigenvalue weighted by molar-refractivity contribution is 4.90. The summed E-state index contributed by atoms with van der Waals surface area (Å²) in [5.74, 6) is 0. The Morgan fingerprint density at radius 1 is 1.50 bits per heavy atom. The summed E-state index contributed by atoms with van der Waals surface area (Å²) in [5, 5.41) is 0. The quantitative estimate of drug-likeness (QED) is 0.671. The first-order valence-corrected chi connectivity index (χ1v) is 5.61. The molecular weight excluding hydrogens is 176 g/mol. The maximum Gasteiger partial charge on any atom is 0.0589 e. The zero-order valence-electron chi connectivity index (χ0n) is 9.75. The third kappa shape index (κ3) is 3.95. The first kappa shape index (κ1) is 12.0. The number of nitrogens with two attached hydrogens (primary N) is 1. The smallest absolute Gasteiger partial charge is 0.0589 e. The molecule has 3 nitrogen and oxygen atoms in total. The lowest BCUT2D eigenvalue weighted by atomic mass is 10.00. The van der Waals surface area contributed by atoms with Crippen LogP contribution in [0.1, 0.15) is 33.1 Å². The van der Waals surface area contributed by atoms with Crippen LogP contribution in [0.15, 0.2) is 0 Å². The molecule has 0 spiro atoms. The predicted octanol–water partition coefficient (Wildman–Crippen LogP) is 1.22. The van der Waals surface area contributed by atoms with Gasteiger partial charge in [-0.05, 0) is 26.2 Å². The van der Waals surface area contributed by atoms with Gasteiger partial charge in [0, 0.05) is 31.8 Å². The number of hydrogen-bond donors (Lipinski definition) is 1. The minimum atomic E-state index is -0.0453. The van der Waals surface area contributed by atoms with Gasteiger partial charge in [-0.15, -0.1) is 0 Å². The lowest BCUT2D eigenvalue weighted by Crippen LogP contribution is -2.48. The molecule has 14 heavy (non-hydrogen) atoms. The van der Waals surface area contributed by atoms with Crippen LogP contribution in [0.2, 0.25) is 0 Å². The van der Waals surface area contributed by atoms with Gasteiger partial charge in [0.1, 0.15) is 0 Å². The lowest BCUT2D eigenvalue weighted by Gasteiger charge is -2.31. The molecule has 2 N–H and O–H groups in total. The van der Waals surface area contributed by atoms with Gasteiger partial charge in [0.25, 0.3) is 0 Å². The molecule has 3 heteroatoms. The molecule has 1 aliphatic rings. The van der Waals surface area contributed by atoms with E-state index in [1.165, 1.54) is 12.8 Å². The van der Waals surface area contributed by atoms with Gasteiger partial charge in [0.15, 0.2) is 0 Å². The van der Waals surface area contributed by atoms with Gasteiger partial charge in [-0.2, -0.15) is 0 Å². The SMILES string of the molecule is CCC(C)(N)CN(CCOC)C1CC1. The molecular formula is C11H24N2O. The summed E-state index contributed by atoms with van der Waals surface area (Å²) in [6.07, 6.45) is 3.70. The third-order valence-electron chi connectivity index (χ3n) is 3.02. The van der Waals surface area contributed by atoms with Crippen LogP contribution in [0.5, 0.6) is 0 Å². The van der Waals surface area contributed by atoms with Crippen molar-refractivity contribution >= 4 is 0 Å². The summed E-state index contributed by atoms with van der Waals surface area (Å²) in [7, 11) is 1.76. The Hall–Kier alpha value is -0.120. The molecule has 1 rings (SSSR count). The van der Waals surface area contributed by atoms with Crippen LogP contribution in [-0.4, -0.2) is 43.3 Å². The standard InChI is InChI=1S/C11H24N2O/c1-4-11(2,12)9-13(7-8-14-3)10-5-6-10/h10H,4-9,12H2,1-3H3. The maximum absolute atomic E-state index is 6.17. The van der Waals surface area contributed by atoms with Gasteiger partial charge in [-0.1, -0.05) is 6.92 Å². The highest BCUT2D eigenvalue weighted by Gasteiger charge is 2.32. The first-order valence-electron chi connectivity index (χ1n) is 5.61. The number of methoxy groups -OCH3 is 1. The van der Waals surface area contributed by atoms with Crippen LogP contribution in [-0.2, 0) is 4.74 Å². The van der Waals surface area contributed by atoms with Gasteiger partial charge < -0.3 is 10.5 Å². The Kier molecular flexibility index (Phi) is 4.35.